The molecule has 0 saturated heterocycles. The third kappa shape index (κ3) is 5.00. The largest absolute Gasteiger partial charge is 0.387 e. The van der Waals surface area contributed by atoms with Crippen molar-refractivity contribution in [1.29, 1.82) is 0 Å². The van der Waals surface area contributed by atoms with Crippen LogP contribution in [0.4, 0.5) is 5.69 Å². The summed E-state index contributed by atoms with van der Waals surface area (Å²) in [6, 6.07) is 13.7. The number of aryl methyl sites for hydroxylation is 1. The Labute approximate surface area is 195 Å². The summed E-state index contributed by atoms with van der Waals surface area (Å²) < 4.78 is 0. The maximum Gasteiger partial charge on any atom is 0.251 e. The number of amidine groups is 1. The van der Waals surface area contributed by atoms with Crippen molar-refractivity contribution in [3.05, 3.63) is 70.3 Å². The van der Waals surface area contributed by atoms with Crippen molar-refractivity contribution >= 4 is 29.4 Å². The Bertz CT molecular complexity index is 1110. The molecule has 1 aliphatic carbocycles. The third-order valence-corrected chi connectivity index (χ3v) is 6.25. The first-order chi connectivity index (χ1) is 16.0. The molecule has 0 fully saturated rings. The van der Waals surface area contributed by atoms with Crippen LogP contribution < -0.4 is 11.1 Å². The molecule has 0 bridgehead atoms. The smallest absolute Gasteiger partial charge is 0.251 e. The second-order valence-electron chi connectivity index (χ2n) is 8.78. The predicted octanol–water partition coefficient (Wildman–Crippen LogP) is 4.53. The molecule has 2 aromatic rings. The third-order valence-electron chi connectivity index (χ3n) is 6.25. The van der Waals surface area contributed by atoms with Crippen LogP contribution in [0.1, 0.15) is 72.6 Å². The molecule has 4 rings (SSSR count). The van der Waals surface area contributed by atoms with Gasteiger partial charge in [-0.2, -0.15) is 0 Å². The molecule has 1 atom stereocenters. The minimum Gasteiger partial charge on any atom is -0.387 e. The van der Waals surface area contributed by atoms with E-state index in [4.69, 9.17) is 5.73 Å². The fourth-order valence-electron chi connectivity index (χ4n) is 4.68. The van der Waals surface area contributed by atoms with Gasteiger partial charge in [0.05, 0.1) is 11.7 Å². The Kier molecular flexibility index (Phi) is 6.92. The lowest BCUT2D eigenvalue weighted by atomic mass is 10.0. The fourth-order valence-corrected chi connectivity index (χ4v) is 4.68. The van der Waals surface area contributed by atoms with E-state index in [9.17, 15) is 9.59 Å². The summed E-state index contributed by atoms with van der Waals surface area (Å²) in [5, 5.41) is 3.16. The minimum absolute atomic E-state index is 0.00594. The number of carbonyl (C=O) groups excluding carboxylic acids is 2. The van der Waals surface area contributed by atoms with Gasteiger partial charge in [-0.05, 0) is 55.0 Å². The van der Waals surface area contributed by atoms with Crippen molar-refractivity contribution in [2.24, 2.45) is 10.7 Å². The molecular formula is C27H32N4O2. The molecule has 2 aliphatic rings. The van der Waals surface area contributed by atoms with Crippen LogP contribution in [-0.4, -0.2) is 35.6 Å². The van der Waals surface area contributed by atoms with Gasteiger partial charge in [0.2, 0.25) is 5.91 Å². The summed E-state index contributed by atoms with van der Waals surface area (Å²) in [6.07, 6.45) is 5.86. The van der Waals surface area contributed by atoms with Crippen molar-refractivity contribution in [2.75, 3.05) is 13.1 Å². The van der Waals surface area contributed by atoms with Crippen molar-refractivity contribution in [3.8, 4) is 0 Å². The van der Waals surface area contributed by atoms with E-state index in [1.807, 2.05) is 29.2 Å². The average molecular weight is 445 g/mol. The standard InChI is InChI=1S/C27H32N4O2/c1-3-13-31(14-4-2)27(33)21-15-19-9-10-20(16-24(19)29-25(28)17-21)26(32)30-23-12-11-18-7-5-6-8-22(18)23/h5-10,15-16,23H,3-4,11-14,17H2,1-2H3,(H2,28,29)(H,30,32). The van der Waals surface area contributed by atoms with E-state index in [0.717, 1.165) is 44.3 Å². The highest BCUT2D eigenvalue weighted by Crippen LogP contribution is 2.32. The van der Waals surface area contributed by atoms with Gasteiger partial charge in [-0.25, -0.2) is 4.99 Å². The zero-order valence-electron chi connectivity index (χ0n) is 19.4. The molecule has 33 heavy (non-hydrogen) atoms. The van der Waals surface area contributed by atoms with E-state index in [2.05, 4.69) is 36.3 Å². The first-order valence-corrected chi connectivity index (χ1v) is 11.9. The van der Waals surface area contributed by atoms with E-state index in [-0.39, 0.29) is 17.9 Å². The number of nitrogens with zero attached hydrogens (tertiary/aromatic N) is 2. The summed E-state index contributed by atoms with van der Waals surface area (Å²) in [5.74, 6) is 0.255. The molecule has 0 saturated carbocycles. The zero-order chi connectivity index (χ0) is 23.4. The Morgan fingerprint density at radius 3 is 2.64 bits per heavy atom. The molecule has 0 aromatic heterocycles. The maximum absolute atomic E-state index is 13.1. The number of hydrogen-bond acceptors (Lipinski definition) is 4. The van der Waals surface area contributed by atoms with Crippen LogP contribution in [0.3, 0.4) is 0 Å². The molecule has 1 heterocycles. The molecule has 2 aromatic carbocycles. The first-order valence-electron chi connectivity index (χ1n) is 11.9. The Balaban J connectivity index is 1.56. The van der Waals surface area contributed by atoms with Gasteiger partial charge in [0.1, 0.15) is 5.84 Å². The van der Waals surface area contributed by atoms with Gasteiger partial charge < -0.3 is 16.0 Å². The summed E-state index contributed by atoms with van der Waals surface area (Å²) >= 11 is 0. The number of nitrogens with one attached hydrogen (secondary N) is 1. The molecule has 3 N–H and O–H groups in total. The highest BCUT2D eigenvalue weighted by Gasteiger charge is 2.25. The average Bonchev–Trinajstić information content (AvgIpc) is 3.13. The summed E-state index contributed by atoms with van der Waals surface area (Å²) in [5.41, 5.74) is 11.3. The summed E-state index contributed by atoms with van der Waals surface area (Å²) in [4.78, 5) is 32.5. The number of aliphatic imine (C=N–C) groups is 1. The minimum atomic E-state index is -0.130. The van der Waals surface area contributed by atoms with Crippen LogP contribution in [0, 0.1) is 0 Å². The van der Waals surface area contributed by atoms with Crippen molar-refractivity contribution in [2.45, 2.75) is 52.0 Å². The van der Waals surface area contributed by atoms with Crippen LogP contribution in [0.2, 0.25) is 0 Å². The fraction of sp³-hybridized carbons (Fsp3) is 0.370. The van der Waals surface area contributed by atoms with Crippen LogP contribution in [0.15, 0.2) is 53.0 Å². The molecule has 6 heteroatoms. The van der Waals surface area contributed by atoms with Gasteiger partial charge in [0, 0.05) is 36.2 Å². The summed E-state index contributed by atoms with van der Waals surface area (Å²) in [7, 11) is 0. The molecule has 172 valence electrons. The Morgan fingerprint density at radius 2 is 1.88 bits per heavy atom. The van der Waals surface area contributed by atoms with Gasteiger partial charge in [-0.3, -0.25) is 9.59 Å². The molecular weight excluding hydrogens is 412 g/mol. The number of nitrogens with two attached hydrogens (primary N) is 1. The Morgan fingerprint density at radius 1 is 1.12 bits per heavy atom. The number of fused-ring (bicyclic) bond motifs is 2. The second-order valence-corrected chi connectivity index (χ2v) is 8.78. The van der Waals surface area contributed by atoms with Gasteiger partial charge >= 0.3 is 0 Å². The first kappa shape index (κ1) is 22.8. The van der Waals surface area contributed by atoms with Crippen LogP contribution in [0.5, 0.6) is 0 Å². The topological polar surface area (TPSA) is 87.8 Å². The van der Waals surface area contributed by atoms with Crippen LogP contribution in [0.25, 0.3) is 6.08 Å². The zero-order valence-corrected chi connectivity index (χ0v) is 19.4. The number of benzene rings is 2. The second kappa shape index (κ2) is 10.0. The van der Waals surface area contributed by atoms with Gasteiger partial charge in [-0.1, -0.05) is 44.2 Å². The van der Waals surface area contributed by atoms with Gasteiger partial charge in [0.25, 0.3) is 5.91 Å². The maximum atomic E-state index is 13.1. The highest BCUT2D eigenvalue weighted by atomic mass is 16.2. The van der Waals surface area contributed by atoms with Crippen molar-refractivity contribution < 1.29 is 9.59 Å². The number of rotatable bonds is 7. The van der Waals surface area contributed by atoms with E-state index in [1.54, 1.807) is 12.1 Å². The predicted molar refractivity (Wildman–Crippen MR) is 132 cm³/mol. The van der Waals surface area contributed by atoms with E-state index in [0.29, 0.717) is 29.1 Å². The molecule has 0 spiro atoms. The molecule has 2 amide bonds. The monoisotopic (exact) mass is 444 g/mol. The lowest BCUT2D eigenvalue weighted by molar-refractivity contribution is -0.127. The molecule has 0 radical (unpaired) electrons. The Hall–Kier alpha value is -3.41. The van der Waals surface area contributed by atoms with Crippen molar-refractivity contribution in [1.82, 2.24) is 10.2 Å². The van der Waals surface area contributed by atoms with E-state index >= 15 is 0 Å². The molecule has 1 unspecified atom stereocenters. The van der Waals surface area contributed by atoms with Gasteiger partial charge in [-0.15, -0.1) is 0 Å². The lowest BCUT2D eigenvalue weighted by Gasteiger charge is -2.22. The quantitative estimate of drug-likeness (QED) is 0.658. The van der Waals surface area contributed by atoms with Crippen molar-refractivity contribution in [3.63, 3.8) is 0 Å². The number of carbonyl (C=O) groups is 2. The van der Waals surface area contributed by atoms with E-state index < -0.39 is 0 Å². The van der Waals surface area contributed by atoms with Crippen LogP contribution >= 0.6 is 0 Å². The summed E-state index contributed by atoms with van der Waals surface area (Å²) in [6.45, 7) is 5.58. The van der Waals surface area contributed by atoms with E-state index in [1.165, 1.54) is 11.1 Å². The number of hydrogen-bond donors (Lipinski definition) is 2. The molecule has 6 nitrogen and oxygen atoms in total. The number of amides is 2. The molecule has 1 aliphatic heterocycles. The van der Waals surface area contributed by atoms with Gasteiger partial charge in [0.15, 0.2) is 0 Å². The normalized spacial score (nSPS) is 16.7. The highest BCUT2D eigenvalue weighted by molar-refractivity contribution is 6.06. The van der Waals surface area contributed by atoms with Crippen LogP contribution in [-0.2, 0) is 11.2 Å². The SMILES string of the molecule is CCCN(CCC)C(=O)C1=Cc2ccc(C(=O)NC3CCc4ccccc43)cc2N=C(N)C1. The lowest BCUT2D eigenvalue weighted by Crippen LogP contribution is -2.34.